The highest BCUT2D eigenvalue weighted by atomic mass is 28.1. The largest absolute Gasteiger partial charge is 0.376 e. The minimum Gasteiger partial charge on any atom is -0.376 e. The van der Waals surface area contributed by atoms with Gasteiger partial charge in [-0.15, -0.1) is 0 Å². The Morgan fingerprint density at radius 3 is 2.00 bits per heavy atom. The molecule has 0 aliphatic rings. The Kier molecular flexibility index (Phi) is 9.22. The number of rotatable bonds is 10. The van der Waals surface area contributed by atoms with Gasteiger partial charge in [-0.1, -0.05) is 39.0 Å². The molecule has 0 aromatic carbocycles. The van der Waals surface area contributed by atoms with Crippen LogP contribution in [0.3, 0.4) is 0 Å². The second-order valence-electron chi connectivity index (χ2n) is 4.00. The zero-order chi connectivity index (χ0) is 12.4. The number of methoxy groups -OCH3 is 3. The predicted octanol–water partition coefficient (Wildman–Crippen LogP) is 2.48. The first-order valence-corrected chi connectivity index (χ1v) is 6.52. The van der Waals surface area contributed by atoms with Gasteiger partial charge in [-0.05, 0) is 6.42 Å². The van der Waals surface area contributed by atoms with E-state index < -0.39 is 5.41 Å². The summed E-state index contributed by atoms with van der Waals surface area (Å²) in [4.78, 5) is 0. The highest BCUT2D eigenvalue weighted by Gasteiger charge is 2.33. The van der Waals surface area contributed by atoms with Crippen molar-refractivity contribution < 1.29 is 14.2 Å². The highest BCUT2D eigenvalue weighted by molar-refractivity contribution is 6.13. The molecule has 3 radical (unpaired) electrons. The van der Waals surface area contributed by atoms with Crippen molar-refractivity contribution >= 4 is 10.2 Å². The lowest BCUT2D eigenvalue weighted by atomic mass is 10.1. The van der Waals surface area contributed by atoms with Crippen LogP contribution in [0.2, 0.25) is 0 Å². The summed E-state index contributed by atoms with van der Waals surface area (Å²) >= 11 is 0. The zero-order valence-corrected chi connectivity index (χ0v) is 12.0. The maximum atomic E-state index is 5.41. The molecule has 16 heavy (non-hydrogen) atoms. The summed E-state index contributed by atoms with van der Waals surface area (Å²) in [5.74, 6) is 0. The van der Waals surface area contributed by atoms with E-state index in [4.69, 9.17) is 14.2 Å². The molecule has 3 nitrogen and oxygen atoms in total. The van der Waals surface area contributed by atoms with E-state index in [0.717, 1.165) is 12.8 Å². The maximum absolute atomic E-state index is 5.41. The van der Waals surface area contributed by atoms with E-state index in [0.29, 0.717) is 0 Å². The van der Waals surface area contributed by atoms with Crippen LogP contribution < -0.4 is 0 Å². The van der Waals surface area contributed by atoms with Crippen LogP contribution in [0.5, 0.6) is 0 Å². The van der Waals surface area contributed by atoms with E-state index >= 15 is 0 Å². The Bertz CT molecular complexity index is 160. The Hall–Kier alpha value is 0.0969. The van der Waals surface area contributed by atoms with Crippen molar-refractivity contribution in [2.45, 2.75) is 57.0 Å². The first kappa shape index (κ1) is 16.1. The molecule has 0 aliphatic carbocycles. The van der Waals surface area contributed by atoms with Crippen LogP contribution >= 0.6 is 0 Å². The van der Waals surface area contributed by atoms with Crippen molar-refractivity contribution in [1.29, 1.82) is 0 Å². The van der Waals surface area contributed by atoms with Gasteiger partial charge < -0.3 is 14.2 Å². The molecule has 0 saturated carbocycles. The van der Waals surface area contributed by atoms with Crippen molar-refractivity contribution in [1.82, 2.24) is 0 Å². The van der Waals surface area contributed by atoms with Gasteiger partial charge in [0.15, 0.2) is 5.41 Å². The lowest BCUT2D eigenvalue weighted by Crippen LogP contribution is -2.47. The van der Waals surface area contributed by atoms with Crippen LogP contribution in [-0.2, 0) is 14.2 Å². The topological polar surface area (TPSA) is 27.7 Å². The minimum absolute atomic E-state index is 0.0826. The standard InChI is InChI=1S/C12H25O3Si/c1-5-6-7-8-9-10-11(13-2)12(16,14-3)15-4/h11H,5-10H2,1-4H3. The summed E-state index contributed by atoms with van der Waals surface area (Å²) in [6, 6.07) is 0. The predicted molar refractivity (Wildman–Crippen MR) is 66.7 cm³/mol. The molecule has 0 rings (SSSR count). The van der Waals surface area contributed by atoms with Gasteiger partial charge in [0, 0.05) is 21.3 Å². The van der Waals surface area contributed by atoms with Crippen molar-refractivity contribution in [3.8, 4) is 0 Å². The molecular weight excluding hydrogens is 220 g/mol. The smallest absolute Gasteiger partial charge is 0.168 e. The first-order valence-electron chi connectivity index (χ1n) is 6.02. The molecule has 0 aromatic heterocycles. The molecule has 0 bridgehead atoms. The molecule has 0 aromatic rings. The summed E-state index contributed by atoms with van der Waals surface area (Å²) in [6.45, 7) is 2.22. The quantitative estimate of drug-likeness (QED) is 0.336. The molecule has 1 unspecified atom stereocenters. The zero-order valence-electron chi connectivity index (χ0n) is 11.0. The summed E-state index contributed by atoms with van der Waals surface area (Å²) in [5, 5.41) is 0. The van der Waals surface area contributed by atoms with E-state index in [1.165, 1.54) is 25.7 Å². The van der Waals surface area contributed by atoms with Gasteiger partial charge in [-0.25, -0.2) is 0 Å². The van der Waals surface area contributed by atoms with Gasteiger partial charge in [0.25, 0.3) is 0 Å². The number of ether oxygens (including phenoxy) is 3. The Morgan fingerprint density at radius 2 is 1.56 bits per heavy atom. The van der Waals surface area contributed by atoms with Crippen molar-refractivity contribution in [3.05, 3.63) is 0 Å². The molecule has 0 spiro atoms. The normalized spacial score (nSPS) is 14.1. The number of unbranched alkanes of at least 4 members (excludes halogenated alkanes) is 4. The van der Waals surface area contributed by atoms with Gasteiger partial charge in [0.05, 0.1) is 0 Å². The van der Waals surface area contributed by atoms with Gasteiger partial charge in [-0.2, -0.15) is 0 Å². The SMILES string of the molecule is CCCCCCCC(OC)C([Si])(OC)OC. The van der Waals surface area contributed by atoms with Gasteiger partial charge in [0.2, 0.25) is 0 Å². The van der Waals surface area contributed by atoms with Crippen LogP contribution in [0.15, 0.2) is 0 Å². The summed E-state index contributed by atoms with van der Waals surface area (Å²) in [6.07, 6.45) is 7.10. The van der Waals surface area contributed by atoms with Crippen LogP contribution in [0.4, 0.5) is 0 Å². The van der Waals surface area contributed by atoms with Gasteiger partial charge >= 0.3 is 0 Å². The highest BCUT2D eigenvalue weighted by Crippen LogP contribution is 2.20. The van der Waals surface area contributed by atoms with E-state index in [-0.39, 0.29) is 6.10 Å². The van der Waals surface area contributed by atoms with Crippen molar-refractivity contribution in [2.75, 3.05) is 21.3 Å². The third kappa shape index (κ3) is 5.43. The average molecular weight is 245 g/mol. The van der Waals surface area contributed by atoms with Gasteiger partial charge in [0.1, 0.15) is 16.3 Å². The van der Waals surface area contributed by atoms with Crippen LogP contribution in [0.1, 0.15) is 45.4 Å². The van der Waals surface area contributed by atoms with Crippen molar-refractivity contribution in [3.63, 3.8) is 0 Å². The molecule has 0 heterocycles. The van der Waals surface area contributed by atoms with Gasteiger partial charge in [-0.3, -0.25) is 0 Å². The van der Waals surface area contributed by atoms with E-state index in [1.807, 2.05) is 0 Å². The third-order valence-electron chi connectivity index (χ3n) is 2.88. The van der Waals surface area contributed by atoms with Crippen LogP contribution in [-0.4, -0.2) is 43.1 Å². The Morgan fingerprint density at radius 1 is 1.00 bits per heavy atom. The van der Waals surface area contributed by atoms with Crippen LogP contribution in [0, 0.1) is 0 Å². The fourth-order valence-electron chi connectivity index (χ4n) is 1.74. The molecule has 0 amide bonds. The minimum atomic E-state index is -0.820. The van der Waals surface area contributed by atoms with E-state index in [9.17, 15) is 0 Å². The maximum Gasteiger partial charge on any atom is 0.168 e. The molecule has 95 valence electrons. The Balaban J connectivity index is 3.90. The lowest BCUT2D eigenvalue weighted by molar-refractivity contribution is -0.209. The molecule has 0 fully saturated rings. The molecule has 1 atom stereocenters. The van der Waals surface area contributed by atoms with Crippen LogP contribution in [0.25, 0.3) is 0 Å². The second-order valence-corrected chi connectivity index (χ2v) is 4.70. The molecule has 4 heteroatoms. The lowest BCUT2D eigenvalue weighted by Gasteiger charge is -2.34. The Labute approximate surface area is 103 Å². The number of hydrogen-bond acceptors (Lipinski definition) is 3. The molecule has 0 N–H and O–H groups in total. The van der Waals surface area contributed by atoms with E-state index in [2.05, 4.69) is 17.2 Å². The monoisotopic (exact) mass is 245 g/mol. The summed E-state index contributed by atoms with van der Waals surface area (Å²) in [7, 11) is 8.38. The third-order valence-corrected chi connectivity index (χ3v) is 3.61. The first-order chi connectivity index (χ1) is 7.64. The van der Waals surface area contributed by atoms with Crippen molar-refractivity contribution in [2.24, 2.45) is 0 Å². The fraction of sp³-hybridized carbons (Fsp3) is 1.00. The summed E-state index contributed by atoms with van der Waals surface area (Å²) < 4.78 is 16.0. The average Bonchev–Trinajstić information content (AvgIpc) is 2.33. The molecule has 0 aliphatic heterocycles. The second kappa shape index (κ2) is 9.16. The fourth-order valence-corrected chi connectivity index (χ4v) is 2.00. The molecular formula is C12H25O3Si. The van der Waals surface area contributed by atoms with E-state index in [1.54, 1.807) is 21.3 Å². The number of hydrogen-bond donors (Lipinski definition) is 0. The summed E-state index contributed by atoms with van der Waals surface area (Å²) in [5.41, 5.74) is -0.820. The molecule has 0 saturated heterocycles.